The summed E-state index contributed by atoms with van der Waals surface area (Å²) in [5.74, 6) is 1.14. The normalized spacial score (nSPS) is 27.9. The van der Waals surface area contributed by atoms with Crippen molar-refractivity contribution in [1.82, 2.24) is 23.5 Å². The van der Waals surface area contributed by atoms with Gasteiger partial charge in [0.05, 0.1) is 18.3 Å². The number of aromatic nitrogens is 2. The maximum Gasteiger partial charge on any atom is 0.281 e. The molecule has 154 valence electrons. The van der Waals surface area contributed by atoms with E-state index in [1.165, 1.54) is 22.7 Å². The second-order valence-electron chi connectivity index (χ2n) is 8.26. The van der Waals surface area contributed by atoms with Gasteiger partial charge in [0.15, 0.2) is 0 Å². The van der Waals surface area contributed by atoms with Gasteiger partial charge in [0.25, 0.3) is 15.8 Å². The lowest BCUT2D eigenvalue weighted by atomic mass is 10.1. The lowest BCUT2D eigenvalue weighted by Gasteiger charge is -2.30. The van der Waals surface area contributed by atoms with Crippen LogP contribution in [0.1, 0.15) is 49.3 Å². The fourth-order valence-corrected chi connectivity index (χ4v) is 5.28. The summed E-state index contributed by atoms with van der Waals surface area (Å²) in [5.41, 5.74) is 0.816. The first kappa shape index (κ1) is 19.5. The molecule has 1 aromatic heterocycles. The van der Waals surface area contributed by atoms with E-state index in [1.807, 2.05) is 4.90 Å². The van der Waals surface area contributed by atoms with Gasteiger partial charge in [-0.05, 0) is 31.6 Å². The summed E-state index contributed by atoms with van der Waals surface area (Å²) in [5, 5.41) is 0. The third kappa shape index (κ3) is 3.27. The number of H-pyrrole nitrogens is 1. The fourth-order valence-electron chi connectivity index (χ4n) is 4.21. The van der Waals surface area contributed by atoms with Crippen molar-refractivity contribution < 1.29 is 13.2 Å². The van der Waals surface area contributed by atoms with Gasteiger partial charge in [-0.15, -0.1) is 0 Å². The van der Waals surface area contributed by atoms with E-state index < -0.39 is 10.2 Å². The number of amides is 1. The van der Waals surface area contributed by atoms with Crippen LogP contribution in [0, 0.1) is 11.8 Å². The Morgan fingerprint density at radius 3 is 2.64 bits per heavy atom. The van der Waals surface area contributed by atoms with Crippen LogP contribution >= 0.6 is 0 Å². The third-order valence-electron chi connectivity index (χ3n) is 6.12. The highest BCUT2D eigenvalue weighted by molar-refractivity contribution is 7.86. The molecule has 1 aliphatic carbocycles. The zero-order valence-corrected chi connectivity index (χ0v) is 17.3. The largest absolute Gasteiger partial charge is 0.332 e. The molecule has 3 heterocycles. The Bertz CT molecular complexity index is 957. The van der Waals surface area contributed by atoms with Gasteiger partial charge in [-0.25, -0.2) is 4.98 Å². The molecule has 2 fully saturated rings. The number of nitrogens with zero attached hydrogens (tertiary/aromatic N) is 4. The van der Waals surface area contributed by atoms with Gasteiger partial charge in [0.2, 0.25) is 5.91 Å². The van der Waals surface area contributed by atoms with Gasteiger partial charge in [-0.2, -0.15) is 17.0 Å². The molecule has 0 aromatic carbocycles. The number of aromatic amines is 1. The van der Waals surface area contributed by atoms with Crippen molar-refractivity contribution in [2.24, 2.45) is 11.8 Å². The Hall–Kier alpha value is -1.78. The number of carbonyl (C=O) groups excluding carboxylic acids is 1. The Labute approximate surface area is 164 Å². The minimum Gasteiger partial charge on any atom is -0.332 e. The van der Waals surface area contributed by atoms with Crippen LogP contribution in [0.3, 0.4) is 0 Å². The van der Waals surface area contributed by atoms with Crippen molar-refractivity contribution in [1.29, 1.82) is 0 Å². The number of hydrogen-bond acceptors (Lipinski definition) is 5. The van der Waals surface area contributed by atoms with E-state index >= 15 is 0 Å². The van der Waals surface area contributed by atoms with Gasteiger partial charge in [0, 0.05) is 38.7 Å². The molecule has 1 N–H and O–H groups in total. The second-order valence-corrected chi connectivity index (χ2v) is 10.4. The molecule has 2 aliphatic heterocycles. The van der Waals surface area contributed by atoms with Gasteiger partial charge in [-0.1, -0.05) is 6.92 Å². The van der Waals surface area contributed by atoms with Gasteiger partial charge in [-0.3, -0.25) is 9.59 Å². The highest BCUT2D eigenvalue weighted by Gasteiger charge is 2.45. The number of nitrogens with one attached hydrogen (secondary N) is 1. The molecule has 0 unspecified atom stereocenters. The molecule has 9 nitrogen and oxygen atoms in total. The molecule has 1 aromatic rings. The molecule has 3 atom stereocenters. The highest BCUT2D eigenvalue weighted by atomic mass is 32.2. The average Bonchev–Trinajstić information content (AvgIpc) is 3.18. The van der Waals surface area contributed by atoms with Gasteiger partial charge < -0.3 is 9.88 Å². The third-order valence-corrected chi connectivity index (χ3v) is 8.01. The predicted octanol–water partition coefficient (Wildman–Crippen LogP) is 0.254. The number of fused-ring (bicyclic) bond motifs is 1. The summed E-state index contributed by atoms with van der Waals surface area (Å²) < 4.78 is 27.4. The molecule has 28 heavy (non-hydrogen) atoms. The van der Waals surface area contributed by atoms with Crippen LogP contribution in [0.5, 0.6) is 0 Å². The SMILES string of the molecule is C[C@H]1C[C@H]1C(=O)N1CCC[C@@H]1c1nc2c(c(=O)[nH]1)CCN(S(=O)(=O)N(C)C)C2. The van der Waals surface area contributed by atoms with E-state index in [2.05, 4.69) is 16.9 Å². The zero-order valence-electron chi connectivity index (χ0n) is 16.5. The highest BCUT2D eigenvalue weighted by Crippen LogP contribution is 2.42. The number of likely N-dealkylation sites (tertiary alicyclic amines) is 1. The monoisotopic (exact) mass is 409 g/mol. The van der Waals surface area contributed by atoms with E-state index in [1.54, 1.807) is 0 Å². The van der Waals surface area contributed by atoms with E-state index in [4.69, 9.17) is 0 Å². The van der Waals surface area contributed by atoms with Crippen LogP contribution in [0.2, 0.25) is 0 Å². The zero-order chi connectivity index (χ0) is 20.2. The van der Waals surface area contributed by atoms with Crippen molar-refractivity contribution in [2.75, 3.05) is 27.2 Å². The first-order valence-corrected chi connectivity index (χ1v) is 11.2. The molecule has 1 saturated heterocycles. The van der Waals surface area contributed by atoms with Crippen LogP contribution < -0.4 is 5.56 Å². The topological polar surface area (TPSA) is 107 Å². The molecule has 0 spiro atoms. The molecular weight excluding hydrogens is 382 g/mol. The standard InChI is InChI=1S/C18H27N5O4S/c1-11-9-13(11)18(25)23-7-4-5-15(23)16-19-14-10-22(28(26,27)21(2)3)8-6-12(14)17(24)20-16/h11,13,15H,4-10H2,1-3H3,(H,19,20,24)/t11-,13+,15+/m0/s1. The lowest BCUT2D eigenvalue weighted by Crippen LogP contribution is -2.44. The quantitative estimate of drug-likeness (QED) is 0.767. The van der Waals surface area contributed by atoms with E-state index in [-0.39, 0.29) is 36.5 Å². The lowest BCUT2D eigenvalue weighted by molar-refractivity contribution is -0.134. The van der Waals surface area contributed by atoms with Crippen LogP contribution in [0.25, 0.3) is 0 Å². The predicted molar refractivity (Wildman–Crippen MR) is 103 cm³/mol. The van der Waals surface area contributed by atoms with Crippen LogP contribution in [-0.4, -0.2) is 65.0 Å². The average molecular weight is 410 g/mol. The maximum absolute atomic E-state index is 12.7. The second kappa shape index (κ2) is 6.93. The first-order chi connectivity index (χ1) is 13.2. The summed E-state index contributed by atoms with van der Waals surface area (Å²) in [6.45, 7) is 3.08. The number of rotatable bonds is 4. The minimum absolute atomic E-state index is 0.0765. The number of carbonyl (C=O) groups is 1. The fraction of sp³-hybridized carbons (Fsp3) is 0.722. The van der Waals surface area contributed by atoms with Crippen LogP contribution in [0.4, 0.5) is 0 Å². The molecule has 3 aliphatic rings. The summed E-state index contributed by atoms with van der Waals surface area (Å²) >= 11 is 0. The molecule has 1 amide bonds. The van der Waals surface area contributed by atoms with Crippen molar-refractivity contribution in [3.8, 4) is 0 Å². The Morgan fingerprint density at radius 2 is 2.00 bits per heavy atom. The van der Waals surface area contributed by atoms with E-state index in [0.717, 1.165) is 19.3 Å². The van der Waals surface area contributed by atoms with Crippen molar-refractivity contribution >= 4 is 16.1 Å². The summed E-state index contributed by atoms with van der Waals surface area (Å²) in [6, 6.07) is -0.237. The molecule has 1 saturated carbocycles. The van der Waals surface area contributed by atoms with Crippen molar-refractivity contribution in [3.63, 3.8) is 0 Å². The van der Waals surface area contributed by atoms with E-state index in [0.29, 0.717) is 36.0 Å². The summed E-state index contributed by atoms with van der Waals surface area (Å²) in [6.07, 6.45) is 2.89. The van der Waals surface area contributed by atoms with Gasteiger partial charge in [0.1, 0.15) is 5.82 Å². The van der Waals surface area contributed by atoms with Crippen LogP contribution in [0.15, 0.2) is 4.79 Å². The molecule has 10 heteroatoms. The minimum atomic E-state index is -3.57. The summed E-state index contributed by atoms with van der Waals surface area (Å²) in [4.78, 5) is 34.7. The molecule has 0 bridgehead atoms. The van der Waals surface area contributed by atoms with Crippen LogP contribution in [-0.2, 0) is 28.0 Å². The smallest absolute Gasteiger partial charge is 0.281 e. The maximum atomic E-state index is 12.7. The van der Waals surface area contributed by atoms with Crippen molar-refractivity contribution in [2.45, 2.75) is 45.2 Å². The Morgan fingerprint density at radius 1 is 1.29 bits per heavy atom. The Kier molecular flexibility index (Phi) is 4.83. The molecule has 0 radical (unpaired) electrons. The number of hydrogen-bond donors (Lipinski definition) is 1. The summed E-state index contributed by atoms with van der Waals surface area (Å²) in [7, 11) is -0.594. The Balaban J connectivity index is 1.63. The van der Waals surface area contributed by atoms with Gasteiger partial charge >= 0.3 is 0 Å². The molecular formula is C18H27N5O4S. The van der Waals surface area contributed by atoms with Crippen molar-refractivity contribution in [3.05, 3.63) is 27.4 Å². The van der Waals surface area contributed by atoms with E-state index in [9.17, 15) is 18.0 Å². The molecule has 4 rings (SSSR count). The first-order valence-electron chi connectivity index (χ1n) is 9.80.